The summed E-state index contributed by atoms with van der Waals surface area (Å²) in [6, 6.07) is 8.14. The summed E-state index contributed by atoms with van der Waals surface area (Å²) in [7, 11) is 5.39. The summed E-state index contributed by atoms with van der Waals surface area (Å²) in [6.07, 6.45) is 1.53. The Morgan fingerprint density at radius 2 is 1.95 bits per heavy atom. The van der Waals surface area contributed by atoms with Crippen molar-refractivity contribution in [3.8, 4) is 5.75 Å². The number of para-hydroxylation sites is 1. The summed E-state index contributed by atoms with van der Waals surface area (Å²) in [5, 5.41) is 3.01. The van der Waals surface area contributed by atoms with Gasteiger partial charge >= 0.3 is 0 Å². The monoisotopic (exact) mass is 258 g/mol. The van der Waals surface area contributed by atoms with Crippen LogP contribution in [0.1, 0.15) is 5.56 Å². The minimum Gasteiger partial charge on any atom is -0.490 e. The smallest absolute Gasteiger partial charge is 0.204 e. The third kappa shape index (κ3) is 2.45. The van der Waals surface area contributed by atoms with Crippen LogP contribution in [-0.4, -0.2) is 31.2 Å². The number of nitrogens with one attached hydrogen (secondary N) is 1. The van der Waals surface area contributed by atoms with Crippen molar-refractivity contribution in [2.75, 3.05) is 31.4 Å². The largest absolute Gasteiger partial charge is 0.490 e. The summed E-state index contributed by atoms with van der Waals surface area (Å²) in [6.45, 7) is 2.07. The van der Waals surface area contributed by atoms with E-state index in [1.165, 1.54) is 11.9 Å². The molecule has 0 unspecified atom stereocenters. The molecule has 19 heavy (non-hydrogen) atoms. The summed E-state index contributed by atoms with van der Waals surface area (Å²) >= 11 is 0. The Balaban J connectivity index is 2.50. The Bertz CT molecular complexity index is 571. The fraction of sp³-hybridized carbons (Fsp3) is 0.286. The molecule has 1 aromatic carbocycles. The summed E-state index contributed by atoms with van der Waals surface area (Å²) in [4.78, 5) is 10.5. The van der Waals surface area contributed by atoms with Crippen molar-refractivity contribution in [2.45, 2.75) is 6.92 Å². The van der Waals surface area contributed by atoms with Gasteiger partial charge in [-0.05, 0) is 18.6 Å². The van der Waals surface area contributed by atoms with Crippen molar-refractivity contribution in [1.82, 2.24) is 9.97 Å². The molecule has 0 saturated carbocycles. The van der Waals surface area contributed by atoms with Crippen molar-refractivity contribution in [3.63, 3.8) is 0 Å². The van der Waals surface area contributed by atoms with E-state index >= 15 is 0 Å². The number of benzene rings is 1. The second-order valence-electron chi connectivity index (χ2n) is 4.17. The van der Waals surface area contributed by atoms with E-state index in [1.807, 2.05) is 31.1 Å². The molecule has 0 radical (unpaired) electrons. The zero-order valence-corrected chi connectivity index (χ0v) is 11.6. The van der Waals surface area contributed by atoms with Gasteiger partial charge in [-0.3, -0.25) is 0 Å². The Morgan fingerprint density at radius 1 is 1.21 bits per heavy atom. The Morgan fingerprint density at radius 3 is 2.58 bits per heavy atom. The number of ether oxygens (including phenoxy) is 1. The highest BCUT2D eigenvalue weighted by atomic mass is 16.5. The first kappa shape index (κ1) is 13.1. The van der Waals surface area contributed by atoms with Gasteiger partial charge in [0.1, 0.15) is 6.33 Å². The summed E-state index contributed by atoms with van der Waals surface area (Å²) in [5.74, 6) is 2.04. The number of methoxy groups -OCH3 is 1. The molecular weight excluding hydrogens is 240 g/mol. The van der Waals surface area contributed by atoms with Crippen LogP contribution < -0.4 is 15.0 Å². The molecule has 0 aliphatic rings. The SMILES string of the molecule is CNc1ncnc(N(C)c2ccccc2C)c1OC. The van der Waals surface area contributed by atoms with Crippen molar-refractivity contribution in [2.24, 2.45) is 0 Å². The molecule has 0 fully saturated rings. The van der Waals surface area contributed by atoms with Gasteiger partial charge < -0.3 is 15.0 Å². The molecule has 1 heterocycles. The third-order valence-corrected chi connectivity index (χ3v) is 3.02. The highest BCUT2D eigenvalue weighted by molar-refractivity contribution is 5.72. The van der Waals surface area contributed by atoms with E-state index in [0.717, 1.165) is 11.5 Å². The van der Waals surface area contributed by atoms with Gasteiger partial charge in [0.15, 0.2) is 11.6 Å². The van der Waals surface area contributed by atoms with Crippen molar-refractivity contribution in [1.29, 1.82) is 0 Å². The van der Waals surface area contributed by atoms with Crippen molar-refractivity contribution >= 4 is 17.3 Å². The van der Waals surface area contributed by atoms with Gasteiger partial charge in [-0.1, -0.05) is 18.2 Å². The lowest BCUT2D eigenvalue weighted by atomic mass is 10.2. The first-order chi connectivity index (χ1) is 9.19. The molecule has 2 aromatic rings. The predicted octanol–water partition coefficient (Wildman–Crippen LogP) is 2.60. The average molecular weight is 258 g/mol. The molecule has 2 rings (SSSR count). The van der Waals surface area contributed by atoms with E-state index in [9.17, 15) is 0 Å². The van der Waals surface area contributed by atoms with Crippen LogP contribution in [0.2, 0.25) is 0 Å². The van der Waals surface area contributed by atoms with Crippen LogP contribution in [0.4, 0.5) is 17.3 Å². The van der Waals surface area contributed by atoms with Gasteiger partial charge in [0, 0.05) is 19.8 Å². The average Bonchev–Trinajstić information content (AvgIpc) is 2.46. The highest BCUT2D eigenvalue weighted by Gasteiger charge is 2.16. The second kappa shape index (κ2) is 5.56. The first-order valence-corrected chi connectivity index (χ1v) is 6.05. The molecule has 0 atom stereocenters. The van der Waals surface area contributed by atoms with E-state index in [4.69, 9.17) is 4.74 Å². The molecule has 1 N–H and O–H groups in total. The number of hydrogen-bond donors (Lipinski definition) is 1. The van der Waals surface area contributed by atoms with Gasteiger partial charge in [0.05, 0.1) is 7.11 Å². The van der Waals surface area contributed by atoms with Crippen molar-refractivity contribution < 1.29 is 4.74 Å². The number of hydrogen-bond acceptors (Lipinski definition) is 5. The Kier molecular flexibility index (Phi) is 3.85. The molecule has 0 spiro atoms. The van der Waals surface area contributed by atoms with Crippen LogP contribution in [0.5, 0.6) is 5.75 Å². The van der Waals surface area contributed by atoms with E-state index < -0.39 is 0 Å². The molecule has 5 nitrogen and oxygen atoms in total. The van der Waals surface area contributed by atoms with Gasteiger partial charge in [-0.15, -0.1) is 0 Å². The zero-order valence-electron chi connectivity index (χ0n) is 11.6. The van der Waals surface area contributed by atoms with Crippen LogP contribution in [0.25, 0.3) is 0 Å². The van der Waals surface area contributed by atoms with E-state index in [0.29, 0.717) is 11.6 Å². The lowest BCUT2D eigenvalue weighted by molar-refractivity contribution is 0.414. The molecule has 100 valence electrons. The molecule has 0 aliphatic carbocycles. The lowest BCUT2D eigenvalue weighted by Crippen LogP contribution is -2.15. The maximum atomic E-state index is 5.42. The number of anilines is 3. The Labute approximate surface area is 113 Å². The maximum Gasteiger partial charge on any atom is 0.204 e. The number of rotatable bonds is 4. The third-order valence-electron chi connectivity index (χ3n) is 3.02. The molecule has 5 heteroatoms. The quantitative estimate of drug-likeness (QED) is 0.913. The number of aryl methyl sites for hydroxylation is 1. The van der Waals surface area contributed by atoms with Crippen LogP contribution in [-0.2, 0) is 0 Å². The van der Waals surface area contributed by atoms with Gasteiger partial charge in [-0.2, -0.15) is 0 Å². The van der Waals surface area contributed by atoms with Crippen LogP contribution in [0, 0.1) is 6.92 Å². The molecule has 0 aliphatic heterocycles. The van der Waals surface area contributed by atoms with Gasteiger partial charge in [0.2, 0.25) is 5.75 Å². The molecule has 1 aromatic heterocycles. The van der Waals surface area contributed by atoms with Gasteiger partial charge in [-0.25, -0.2) is 9.97 Å². The minimum atomic E-state index is 0.635. The number of nitrogens with zero attached hydrogens (tertiary/aromatic N) is 3. The normalized spacial score (nSPS) is 10.1. The summed E-state index contributed by atoms with van der Waals surface area (Å²) < 4.78 is 5.42. The molecule has 0 saturated heterocycles. The summed E-state index contributed by atoms with van der Waals surface area (Å²) in [5.41, 5.74) is 2.26. The zero-order chi connectivity index (χ0) is 13.8. The molecular formula is C14H18N4O. The lowest BCUT2D eigenvalue weighted by Gasteiger charge is -2.22. The fourth-order valence-corrected chi connectivity index (χ4v) is 2.02. The van der Waals surface area contributed by atoms with E-state index in [2.05, 4.69) is 34.3 Å². The second-order valence-corrected chi connectivity index (χ2v) is 4.17. The fourth-order valence-electron chi connectivity index (χ4n) is 2.02. The topological polar surface area (TPSA) is 50.3 Å². The van der Waals surface area contributed by atoms with Crippen molar-refractivity contribution in [3.05, 3.63) is 36.2 Å². The molecule has 0 amide bonds. The van der Waals surface area contributed by atoms with Crippen LogP contribution in [0.3, 0.4) is 0 Å². The Hall–Kier alpha value is -2.30. The van der Waals surface area contributed by atoms with E-state index in [-0.39, 0.29) is 0 Å². The molecule has 0 bridgehead atoms. The van der Waals surface area contributed by atoms with E-state index in [1.54, 1.807) is 7.11 Å². The minimum absolute atomic E-state index is 0.635. The standard InChI is InChI=1S/C14H18N4O/c1-10-7-5-6-8-11(10)18(3)14-12(19-4)13(15-2)16-9-17-14/h5-9H,1-4H3,(H,15,16,17). The van der Waals surface area contributed by atoms with Crippen LogP contribution >= 0.6 is 0 Å². The van der Waals surface area contributed by atoms with Gasteiger partial charge in [0.25, 0.3) is 0 Å². The maximum absolute atomic E-state index is 5.42. The highest BCUT2D eigenvalue weighted by Crippen LogP contribution is 2.35. The first-order valence-electron chi connectivity index (χ1n) is 6.05. The number of aromatic nitrogens is 2. The van der Waals surface area contributed by atoms with Crippen LogP contribution in [0.15, 0.2) is 30.6 Å². The predicted molar refractivity (Wildman–Crippen MR) is 77.4 cm³/mol.